The van der Waals surface area contributed by atoms with Gasteiger partial charge in [0.15, 0.2) is 5.78 Å². The van der Waals surface area contributed by atoms with Crippen LogP contribution in [0.1, 0.15) is 26.3 Å². The van der Waals surface area contributed by atoms with Crippen molar-refractivity contribution in [2.75, 3.05) is 0 Å². The van der Waals surface area contributed by atoms with E-state index in [0.717, 1.165) is 11.6 Å². The number of nitrogens with zero attached hydrogens (tertiary/aromatic N) is 1. The summed E-state index contributed by atoms with van der Waals surface area (Å²) in [5.74, 6) is -0.716. The minimum absolute atomic E-state index is 0.0604. The van der Waals surface area contributed by atoms with E-state index < -0.39 is 10.9 Å². The normalized spacial score (nSPS) is 10.7. The average molecular weight is 408 g/mol. The van der Waals surface area contributed by atoms with Crippen molar-refractivity contribution in [3.05, 3.63) is 111 Å². The van der Waals surface area contributed by atoms with Crippen LogP contribution in [-0.2, 0) is 0 Å². The zero-order chi connectivity index (χ0) is 20.8. The first-order chi connectivity index (χ1) is 13.9. The lowest BCUT2D eigenvalue weighted by Crippen LogP contribution is -2.09. The molecule has 3 aromatic carbocycles. The van der Waals surface area contributed by atoms with Crippen LogP contribution in [0.25, 0.3) is 6.08 Å². The summed E-state index contributed by atoms with van der Waals surface area (Å²) in [5, 5.41) is 11.4. The number of non-ortho nitro benzene ring substituents is 1. The molecule has 0 atom stereocenters. The van der Waals surface area contributed by atoms with Gasteiger partial charge in [0.25, 0.3) is 5.69 Å². The minimum Gasteiger partial charge on any atom is -0.423 e. The van der Waals surface area contributed by atoms with E-state index in [4.69, 9.17) is 16.3 Å². The van der Waals surface area contributed by atoms with Crippen molar-refractivity contribution >= 4 is 35.1 Å². The van der Waals surface area contributed by atoms with E-state index in [-0.39, 0.29) is 22.8 Å². The quantitative estimate of drug-likeness (QED) is 0.137. The van der Waals surface area contributed by atoms with Crippen LogP contribution < -0.4 is 4.74 Å². The molecule has 0 amide bonds. The number of allylic oxidation sites excluding steroid dienone is 1. The van der Waals surface area contributed by atoms with Gasteiger partial charge >= 0.3 is 5.97 Å². The van der Waals surface area contributed by atoms with Crippen LogP contribution in [0.2, 0.25) is 5.02 Å². The van der Waals surface area contributed by atoms with E-state index >= 15 is 0 Å². The number of ether oxygens (including phenoxy) is 1. The van der Waals surface area contributed by atoms with Crippen molar-refractivity contribution in [3.8, 4) is 5.75 Å². The van der Waals surface area contributed by atoms with E-state index in [0.29, 0.717) is 10.6 Å². The Kier molecular flexibility index (Phi) is 6.16. The predicted molar refractivity (Wildman–Crippen MR) is 109 cm³/mol. The molecule has 0 aromatic heterocycles. The second-order valence-electron chi connectivity index (χ2n) is 5.97. The molecular weight excluding hydrogens is 394 g/mol. The maximum absolute atomic E-state index is 12.3. The fourth-order valence-electron chi connectivity index (χ4n) is 2.44. The average Bonchev–Trinajstić information content (AvgIpc) is 2.73. The SMILES string of the molecule is O=C(/C=C/c1ccc(Cl)cc1)c1ccc(OC(=O)c2cccc([N+](=O)[O-])c2)cc1. The van der Waals surface area contributed by atoms with E-state index in [1.165, 1.54) is 48.5 Å². The summed E-state index contributed by atoms with van der Waals surface area (Å²) in [6.07, 6.45) is 3.11. The van der Waals surface area contributed by atoms with Crippen molar-refractivity contribution in [2.45, 2.75) is 0 Å². The number of ketones is 1. The summed E-state index contributed by atoms with van der Waals surface area (Å²) >= 11 is 5.82. The van der Waals surface area contributed by atoms with Crippen molar-refractivity contribution in [3.63, 3.8) is 0 Å². The van der Waals surface area contributed by atoms with Crippen LogP contribution in [0.4, 0.5) is 5.69 Å². The van der Waals surface area contributed by atoms with Crippen molar-refractivity contribution < 1.29 is 19.2 Å². The van der Waals surface area contributed by atoms with Crippen LogP contribution in [0.5, 0.6) is 5.75 Å². The highest BCUT2D eigenvalue weighted by atomic mass is 35.5. The van der Waals surface area contributed by atoms with Crippen LogP contribution in [0, 0.1) is 10.1 Å². The van der Waals surface area contributed by atoms with Gasteiger partial charge in [-0.3, -0.25) is 14.9 Å². The maximum atomic E-state index is 12.3. The van der Waals surface area contributed by atoms with E-state index in [1.54, 1.807) is 30.3 Å². The first-order valence-corrected chi connectivity index (χ1v) is 8.85. The number of hydrogen-bond donors (Lipinski definition) is 0. The van der Waals surface area contributed by atoms with Crippen LogP contribution in [-0.4, -0.2) is 16.7 Å². The third kappa shape index (κ3) is 5.37. The zero-order valence-electron chi connectivity index (χ0n) is 14.9. The van der Waals surface area contributed by atoms with Gasteiger partial charge < -0.3 is 4.74 Å². The number of carbonyl (C=O) groups excluding carboxylic acids is 2. The Morgan fingerprint density at radius 3 is 2.28 bits per heavy atom. The second kappa shape index (κ2) is 8.95. The first-order valence-electron chi connectivity index (χ1n) is 8.47. The summed E-state index contributed by atoms with van der Waals surface area (Å²) in [5.41, 5.74) is 1.12. The third-order valence-electron chi connectivity index (χ3n) is 3.94. The minimum atomic E-state index is -0.726. The Bertz CT molecular complexity index is 1090. The smallest absolute Gasteiger partial charge is 0.343 e. The number of nitro groups is 1. The molecule has 0 unspecified atom stereocenters. The summed E-state index contributed by atoms with van der Waals surface area (Å²) in [4.78, 5) is 34.6. The molecule has 0 aliphatic rings. The van der Waals surface area contributed by atoms with Gasteiger partial charge in [-0.25, -0.2) is 4.79 Å². The highest BCUT2D eigenvalue weighted by Gasteiger charge is 2.13. The van der Waals surface area contributed by atoms with E-state index in [9.17, 15) is 19.7 Å². The van der Waals surface area contributed by atoms with Crippen molar-refractivity contribution in [2.24, 2.45) is 0 Å². The lowest BCUT2D eigenvalue weighted by molar-refractivity contribution is -0.384. The van der Waals surface area contributed by atoms with E-state index in [2.05, 4.69) is 0 Å². The predicted octanol–water partition coefficient (Wildman–Crippen LogP) is 5.36. The Balaban J connectivity index is 1.65. The Morgan fingerprint density at radius 2 is 1.62 bits per heavy atom. The molecule has 3 aromatic rings. The molecule has 0 saturated carbocycles. The molecule has 0 spiro atoms. The largest absolute Gasteiger partial charge is 0.423 e. The number of rotatable bonds is 6. The summed E-state index contributed by atoms with van der Waals surface area (Å²) in [7, 11) is 0. The highest BCUT2D eigenvalue weighted by Crippen LogP contribution is 2.18. The van der Waals surface area contributed by atoms with Crippen molar-refractivity contribution in [1.29, 1.82) is 0 Å². The number of nitro benzene ring substituents is 1. The lowest BCUT2D eigenvalue weighted by atomic mass is 10.1. The van der Waals surface area contributed by atoms with Gasteiger partial charge in [0.1, 0.15) is 5.75 Å². The van der Waals surface area contributed by atoms with Gasteiger partial charge in [-0.2, -0.15) is 0 Å². The molecule has 0 heterocycles. The number of esters is 1. The molecule has 0 aliphatic heterocycles. The molecule has 0 saturated heterocycles. The standard InChI is InChI=1S/C22H14ClNO5/c23-18-9-4-15(5-10-18)6-13-21(25)16-7-11-20(12-8-16)29-22(26)17-2-1-3-19(14-17)24(27)28/h1-14H/b13-6+. The molecule has 0 radical (unpaired) electrons. The summed E-state index contributed by atoms with van der Waals surface area (Å²) in [6.45, 7) is 0. The first kappa shape index (κ1) is 20.0. The molecule has 0 N–H and O–H groups in total. The van der Waals surface area contributed by atoms with Gasteiger partial charge in [-0.1, -0.05) is 35.9 Å². The van der Waals surface area contributed by atoms with Gasteiger partial charge in [0.05, 0.1) is 10.5 Å². The molecule has 0 aliphatic carbocycles. The molecule has 0 bridgehead atoms. The fourth-order valence-corrected chi connectivity index (χ4v) is 2.57. The Hall–Kier alpha value is -3.77. The topological polar surface area (TPSA) is 86.5 Å². The molecule has 7 heteroatoms. The monoisotopic (exact) mass is 407 g/mol. The second-order valence-corrected chi connectivity index (χ2v) is 6.41. The fraction of sp³-hybridized carbons (Fsp3) is 0. The molecular formula is C22H14ClNO5. The number of carbonyl (C=O) groups is 2. The van der Waals surface area contributed by atoms with Gasteiger partial charge in [-0.15, -0.1) is 0 Å². The summed E-state index contributed by atoms with van der Waals surface area (Å²) in [6, 6.07) is 18.3. The van der Waals surface area contributed by atoms with Crippen LogP contribution in [0.15, 0.2) is 78.9 Å². The van der Waals surface area contributed by atoms with Crippen LogP contribution >= 0.6 is 11.6 Å². The Labute approximate surface area is 171 Å². The van der Waals surface area contributed by atoms with E-state index in [1.807, 2.05) is 0 Å². The third-order valence-corrected chi connectivity index (χ3v) is 4.19. The number of hydrogen-bond acceptors (Lipinski definition) is 5. The molecule has 29 heavy (non-hydrogen) atoms. The zero-order valence-corrected chi connectivity index (χ0v) is 15.7. The molecule has 3 rings (SSSR count). The molecule has 0 fully saturated rings. The number of benzene rings is 3. The lowest BCUT2D eigenvalue weighted by Gasteiger charge is -2.05. The van der Waals surface area contributed by atoms with Gasteiger partial charge in [0.2, 0.25) is 0 Å². The molecule has 6 nitrogen and oxygen atoms in total. The summed E-state index contributed by atoms with van der Waals surface area (Å²) < 4.78 is 5.21. The maximum Gasteiger partial charge on any atom is 0.343 e. The van der Waals surface area contributed by atoms with Gasteiger partial charge in [0, 0.05) is 22.7 Å². The van der Waals surface area contributed by atoms with Crippen LogP contribution in [0.3, 0.4) is 0 Å². The molecule has 144 valence electrons. The highest BCUT2D eigenvalue weighted by molar-refractivity contribution is 6.30. The Morgan fingerprint density at radius 1 is 0.931 bits per heavy atom. The van der Waals surface area contributed by atoms with Gasteiger partial charge in [-0.05, 0) is 54.1 Å². The van der Waals surface area contributed by atoms with Crippen molar-refractivity contribution in [1.82, 2.24) is 0 Å². The number of halogens is 1.